The topological polar surface area (TPSA) is 60.7 Å². The molecule has 26 heavy (non-hydrogen) atoms. The van der Waals surface area contributed by atoms with Crippen LogP contribution in [0.1, 0.15) is 35.6 Å². The Bertz CT molecular complexity index is 959. The normalized spacial score (nSPS) is 12.1. The second kappa shape index (κ2) is 7.52. The van der Waals surface area contributed by atoms with Gasteiger partial charge in [0.15, 0.2) is 0 Å². The van der Waals surface area contributed by atoms with Crippen molar-refractivity contribution in [2.45, 2.75) is 32.6 Å². The van der Waals surface area contributed by atoms with Crippen LogP contribution in [0.2, 0.25) is 0 Å². The number of fused-ring (bicyclic) bond motifs is 1. The number of aldehydes is 1. The highest BCUT2D eigenvalue weighted by molar-refractivity contribution is 5.78. The SMILES string of the molecule is COC(=O)C(CCC=O)c1cnc2ccc(-c3cccc(C)c3C)cn12. The van der Waals surface area contributed by atoms with E-state index in [2.05, 4.69) is 31.0 Å². The third-order valence-electron chi connectivity index (χ3n) is 4.87. The lowest BCUT2D eigenvalue weighted by Gasteiger charge is -2.14. The van der Waals surface area contributed by atoms with Gasteiger partial charge >= 0.3 is 5.97 Å². The zero-order valence-corrected chi connectivity index (χ0v) is 15.2. The maximum Gasteiger partial charge on any atom is 0.314 e. The highest BCUT2D eigenvalue weighted by Crippen LogP contribution is 2.29. The number of carbonyl (C=O) groups excluding carboxylic acids is 2. The van der Waals surface area contributed by atoms with Crippen LogP contribution >= 0.6 is 0 Å². The first-order valence-corrected chi connectivity index (χ1v) is 8.62. The largest absolute Gasteiger partial charge is 0.469 e. The van der Waals surface area contributed by atoms with Gasteiger partial charge in [-0.3, -0.25) is 4.79 Å². The highest BCUT2D eigenvalue weighted by Gasteiger charge is 2.24. The van der Waals surface area contributed by atoms with Crippen LogP contribution in [0.15, 0.2) is 42.7 Å². The number of hydrogen-bond donors (Lipinski definition) is 0. The van der Waals surface area contributed by atoms with Crippen molar-refractivity contribution < 1.29 is 14.3 Å². The maximum absolute atomic E-state index is 12.2. The second-order valence-electron chi connectivity index (χ2n) is 6.40. The van der Waals surface area contributed by atoms with Crippen LogP contribution < -0.4 is 0 Å². The Balaban J connectivity index is 2.11. The smallest absolute Gasteiger partial charge is 0.314 e. The van der Waals surface area contributed by atoms with E-state index in [1.165, 1.54) is 18.2 Å². The lowest BCUT2D eigenvalue weighted by Crippen LogP contribution is -2.16. The molecule has 0 aliphatic carbocycles. The maximum atomic E-state index is 12.2. The predicted octanol–water partition coefficient (Wildman–Crippen LogP) is 3.85. The summed E-state index contributed by atoms with van der Waals surface area (Å²) in [5, 5.41) is 0. The van der Waals surface area contributed by atoms with Crippen molar-refractivity contribution in [2.24, 2.45) is 0 Å². The molecular weight excluding hydrogens is 328 g/mol. The van der Waals surface area contributed by atoms with Gasteiger partial charge in [0.25, 0.3) is 0 Å². The van der Waals surface area contributed by atoms with E-state index in [9.17, 15) is 9.59 Å². The van der Waals surface area contributed by atoms with E-state index in [-0.39, 0.29) is 5.97 Å². The molecular formula is C21H22N2O3. The molecule has 3 aromatic rings. The summed E-state index contributed by atoms with van der Waals surface area (Å²) in [6.45, 7) is 4.19. The van der Waals surface area contributed by atoms with E-state index >= 15 is 0 Å². The minimum atomic E-state index is -0.519. The average molecular weight is 350 g/mol. The number of aryl methyl sites for hydroxylation is 1. The number of ether oxygens (including phenoxy) is 1. The number of imidazole rings is 1. The van der Waals surface area contributed by atoms with Crippen molar-refractivity contribution in [3.8, 4) is 11.1 Å². The Kier molecular flexibility index (Phi) is 5.16. The van der Waals surface area contributed by atoms with Crippen molar-refractivity contribution in [3.05, 3.63) is 59.5 Å². The first-order chi connectivity index (χ1) is 12.6. The van der Waals surface area contributed by atoms with Crippen molar-refractivity contribution in [1.29, 1.82) is 0 Å². The molecule has 0 N–H and O–H groups in total. The molecule has 134 valence electrons. The summed E-state index contributed by atoms with van der Waals surface area (Å²) in [6, 6.07) is 10.2. The Morgan fingerprint density at radius 1 is 1.27 bits per heavy atom. The molecule has 0 saturated heterocycles. The fourth-order valence-corrected chi connectivity index (χ4v) is 3.24. The van der Waals surface area contributed by atoms with Gasteiger partial charge in [0.05, 0.1) is 24.9 Å². The van der Waals surface area contributed by atoms with Crippen LogP contribution in [-0.4, -0.2) is 28.7 Å². The highest BCUT2D eigenvalue weighted by atomic mass is 16.5. The van der Waals surface area contributed by atoms with Gasteiger partial charge in [0, 0.05) is 12.6 Å². The van der Waals surface area contributed by atoms with Gasteiger partial charge in [-0.05, 0) is 54.7 Å². The lowest BCUT2D eigenvalue weighted by molar-refractivity contribution is -0.142. The van der Waals surface area contributed by atoms with Gasteiger partial charge < -0.3 is 13.9 Å². The summed E-state index contributed by atoms with van der Waals surface area (Å²) < 4.78 is 6.86. The van der Waals surface area contributed by atoms with Crippen LogP contribution in [0, 0.1) is 13.8 Å². The molecule has 5 heteroatoms. The molecule has 0 spiro atoms. The fourth-order valence-electron chi connectivity index (χ4n) is 3.24. The van der Waals surface area contributed by atoms with E-state index in [4.69, 9.17) is 4.74 Å². The number of hydrogen-bond acceptors (Lipinski definition) is 4. The Hall–Kier alpha value is -2.95. The van der Waals surface area contributed by atoms with Crippen LogP contribution in [0.4, 0.5) is 0 Å². The zero-order valence-electron chi connectivity index (χ0n) is 15.2. The standard InChI is InChI=1S/C21H22N2O3/c1-14-6-4-7-17(15(14)2)16-9-10-20-22-12-19(23(20)13-16)18(8-5-11-24)21(25)26-3/h4,6-7,9-13,18H,5,8H2,1-3H3. The monoisotopic (exact) mass is 350 g/mol. The number of benzene rings is 1. The third-order valence-corrected chi connectivity index (χ3v) is 4.87. The quantitative estimate of drug-likeness (QED) is 0.500. The predicted molar refractivity (Wildman–Crippen MR) is 100 cm³/mol. The van der Waals surface area contributed by atoms with Gasteiger partial charge in [-0.1, -0.05) is 18.2 Å². The Morgan fingerprint density at radius 3 is 2.81 bits per heavy atom. The Labute approximate surface area is 152 Å². The number of pyridine rings is 1. The number of esters is 1. The number of nitrogens with zero attached hydrogens (tertiary/aromatic N) is 2. The molecule has 2 heterocycles. The number of methoxy groups -OCH3 is 1. The summed E-state index contributed by atoms with van der Waals surface area (Å²) in [5.74, 6) is -0.875. The summed E-state index contributed by atoms with van der Waals surface area (Å²) in [5.41, 5.74) is 6.15. The first kappa shape index (κ1) is 17.9. The zero-order chi connectivity index (χ0) is 18.7. The minimum absolute atomic E-state index is 0.295. The van der Waals surface area contributed by atoms with E-state index in [0.29, 0.717) is 12.8 Å². The van der Waals surface area contributed by atoms with Crippen LogP contribution in [0.25, 0.3) is 16.8 Å². The molecule has 1 unspecified atom stereocenters. The summed E-state index contributed by atoms with van der Waals surface area (Å²) in [7, 11) is 1.36. The molecule has 0 amide bonds. The van der Waals surface area contributed by atoms with Crippen molar-refractivity contribution in [2.75, 3.05) is 7.11 Å². The fraction of sp³-hybridized carbons (Fsp3) is 0.286. The van der Waals surface area contributed by atoms with E-state index in [0.717, 1.165) is 28.8 Å². The number of carbonyl (C=O) groups is 2. The van der Waals surface area contributed by atoms with Crippen molar-refractivity contribution in [3.63, 3.8) is 0 Å². The molecule has 0 aliphatic heterocycles. The van der Waals surface area contributed by atoms with Crippen LogP contribution in [-0.2, 0) is 14.3 Å². The summed E-state index contributed by atoms with van der Waals surface area (Å²) >= 11 is 0. The molecule has 0 radical (unpaired) electrons. The molecule has 5 nitrogen and oxygen atoms in total. The van der Waals surface area contributed by atoms with Crippen LogP contribution in [0.5, 0.6) is 0 Å². The number of rotatable bonds is 6. The average Bonchev–Trinajstić information content (AvgIpc) is 3.07. The van der Waals surface area contributed by atoms with E-state index in [1.807, 2.05) is 28.8 Å². The van der Waals surface area contributed by atoms with Crippen molar-refractivity contribution >= 4 is 17.9 Å². The first-order valence-electron chi connectivity index (χ1n) is 8.62. The Morgan fingerprint density at radius 2 is 2.08 bits per heavy atom. The molecule has 1 atom stereocenters. The second-order valence-corrected chi connectivity index (χ2v) is 6.40. The molecule has 0 saturated carbocycles. The van der Waals surface area contributed by atoms with Crippen LogP contribution in [0.3, 0.4) is 0 Å². The van der Waals surface area contributed by atoms with Gasteiger partial charge in [0.2, 0.25) is 0 Å². The molecule has 0 bridgehead atoms. The van der Waals surface area contributed by atoms with Gasteiger partial charge in [-0.2, -0.15) is 0 Å². The summed E-state index contributed by atoms with van der Waals surface area (Å²) in [6.07, 6.45) is 5.20. The molecule has 1 aromatic carbocycles. The molecule has 0 fully saturated rings. The van der Waals surface area contributed by atoms with E-state index < -0.39 is 5.92 Å². The lowest BCUT2D eigenvalue weighted by atomic mass is 9.98. The van der Waals surface area contributed by atoms with Gasteiger partial charge in [-0.25, -0.2) is 4.98 Å². The van der Waals surface area contributed by atoms with Gasteiger partial charge in [-0.15, -0.1) is 0 Å². The number of aromatic nitrogens is 2. The molecule has 2 aromatic heterocycles. The van der Waals surface area contributed by atoms with E-state index in [1.54, 1.807) is 6.20 Å². The molecule has 0 aliphatic rings. The summed E-state index contributed by atoms with van der Waals surface area (Å²) in [4.78, 5) is 27.4. The van der Waals surface area contributed by atoms with Gasteiger partial charge in [0.1, 0.15) is 11.9 Å². The molecule has 3 rings (SSSR count). The van der Waals surface area contributed by atoms with Crippen molar-refractivity contribution in [1.82, 2.24) is 9.38 Å². The third kappa shape index (κ3) is 3.25. The minimum Gasteiger partial charge on any atom is -0.469 e.